The summed E-state index contributed by atoms with van der Waals surface area (Å²) in [4.78, 5) is 22.4. The molecule has 3 aromatic heterocycles. The lowest BCUT2D eigenvalue weighted by Gasteiger charge is -2.28. The van der Waals surface area contributed by atoms with Crippen LogP contribution in [0.15, 0.2) is 24.5 Å². The molecule has 1 saturated heterocycles. The number of urea groups is 1. The van der Waals surface area contributed by atoms with Crippen LogP contribution in [0.1, 0.15) is 37.3 Å². The third kappa shape index (κ3) is 3.58. The van der Waals surface area contributed by atoms with Crippen molar-refractivity contribution in [3.05, 3.63) is 46.1 Å². The fourth-order valence-electron chi connectivity index (χ4n) is 4.23. The van der Waals surface area contributed by atoms with Gasteiger partial charge in [-0.2, -0.15) is 18.3 Å². The fourth-order valence-corrected chi connectivity index (χ4v) is 4.69. The van der Waals surface area contributed by atoms with Gasteiger partial charge in [0.05, 0.1) is 40.2 Å². The number of nitrogens with one attached hydrogen (secondary N) is 1. The predicted molar refractivity (Wildman–Crippen MR) is 115 cm³/mol. The highest BCUT2D eigenvalue weighted by Gasteiger charge is 2.60. The van der Waals surface area contributed by atoms with Crippen LogP contribution in [0, 0.1) is 0 Å². The molecule has 0 spiro atoms. The average molecular weight is 501 g/mol. The lowest BCUT2D eigenvalue weighted by atomic mass is 9.88. The zero-order chi connectivity index (χ0) is 23.5. The Bertz CT molecular complexity index is 1260. The van der Waals surface area contributed by atoms with E-state index in [1.165, 1.54) is 24.5 Å². The number of amides is 2. The van der Waals surface area contributed by atoms with E-state index in [0.717, 1.165) is 29.2 Å². The molecule has 174 valence electrons. The van der Waals surface area contributed by atoms with Crippen molar-refractivity contribution >= 4 is 46.3 Å². The molecule has 2 aliphatic rings. The van der Waals surface area contributed by atoms with Crippen molar-refractivity contribution in [3.8, 4) is 0 Å². The van der Waals surface area contributed by atoms with E-state index in [4.69, 9.17) is 27.9 Å². The second kappa shape index (κ2) is 7.71. The number of hydrogen-bond acceptors (Lipinski definition) is 5. The lowest BCUT2D eigenvalue weighted by molar-refractivity contribution is -0.181. The van der Waals surface area contributed by atoms with Crippen molar-refractivity contribution in [2.45, 2.75) is 37.5 Å². The van der Waals surface area contributed by atoms with Crippen molar-refractivity contribution in [2.75, 3.05) is 23.4 Å². The Labute approximate surface area is 195 Å². The van der Waals surface area contributed by atoms with Crippen LogP contribution in [0.2, 0.25) is 10.2 Å². The monoisotopic (exact) mass is 500 g/mol. The number of anilines is 2. The van der Waals surface area contributed by atoms with E-state index >= 15 is 0 Å². The summed E-state index contributed by atoms with van der Waals surface area (Å²) < 4.78 is 49.1. The van der Waals surface area contributed by atoms with Gasteiger partial charge in [0.25, 0.3) is 0 Å². The third-order valence-electron chi connectivity index (χ3n) is 5.95. The first-order valence-electron chi connectivity index (χ1n) is 10.1. The van der Waals surface area contributed by atoms with Crippen LogP contribution in [0.5, 0.6) is 0 Å². The van der Waals surface area contributed by atoms with E-state index in [9.17, 15) is 18.0 Å². The molecule has 3 aromatic rings. The zero-order valence-corrected chi connectivity index (χ0v) is 18.7. The van der Waals surface area contributed by atoms with Crippen molar-refractivity contribution in [1.82, 2.24) is 19.6 Å². The van der Waals surface area contributed by atoms with Gasteiger partial charge in [0.15, 0.2) is 10.8 Å². The van der Waals surface area contributed by atoms with Gasteiger partial charge in [-0.15, -0.1) is 0 Å². The fraction of sp³-hybridized carbons (Fsp3) is 0.400. The van der Waals surface area contributed by atoms with Crippen molar-refractivity contribution in [3.63, 3.8) is 0 Å². The average Bonchev–Trinajstić information content (AvgIpc) is 3.45. The number of fused-ring (bicyclic) bond motifs is 3. The summed E-state index contributed by atoms with van der Waals surface area (Å²) in [6.07, 6.45) is -0.582. The van der Waals surface area contributed by atoms with Crippen molar-refractivity contribution in [1.29, 1.82) is 0 Å². The molecular weight excluding hydrogens is 484 g/mol. The molecular formula is C20H17Cl2F3N6O2. The molecule has 0 aromatic carbocycles. The minimum atomic E-state index is -4.67. The molecule has 8 nitrogen and oxygen atoms in total. The maximum absolute atomic E-state index is 14.2. The van der Waals surface area contributed by atoms with Gasteiger partial charge in [0.1, 0.15) is 11.5 Å². The SMILES string of the molecule is C[C@@]1(C(F)(F)F)CN(C(=O)Nc2cnc([C@H]3CCCO3)c(Cl)c2)c2cnc3cc(Cl)nn3c21. The summed E-state index contributed by atoms with van der Waals surface area (Å²) in [6.45, 7) is 0.977. The van der Waals surface area contributed by atoms with Crippen LogP contribution >= 0.6 is 23.2 Å². The molecule has 13 heteroatoms. The summed E-state index contributed by atoms with van der Waals surface area (Å²) in [5, 5.41) is 6.82. The van der Waals surface area contributed by atoms with Gasteiger partial charge in [0.2, 0.25) is 0 Å². The molecule has 0 bridgehead atoms. The number of halogens is 5. The van der Waals surface area contributed by atoms with Crippen LogP contribution in [0.4, 0.5) is 29.3 Å². The highest BCUT2D eigenvalue weighted by Crippen LogP contribution is 2.50. The number of rotatable bonds is 2. The summed E-state index contributed by atoms with van der Waals surface area (Å²) in [5.74, 6) is 0. The second-order valence-electron chi connectivity index (χ2n) is 8.17. The smallest absolute Gasteiger partial charge is 0.372 e. The van der Waals surface area contributed by atoms with E-state index < -0.39 is 24.2 Å². The molecule has 2 amide bonds. The van der Waals surface area contributed by atoms with Gasteiger partial charge >= 0.3 is 12.2 Å². The summed E-state index contributed by atoms with van der Waals surface area (Å²) in [6, 6.07) is 2.06. The van der Waals surface area contributed by atoms with Crippen LogP contribution in [0.25, 0.3) is 5.65 Å². The Morgan fingerprint density at radius 2 is 2.06 bits per heavy atom. The third-order valence-corrected chi connectivity index (χ3v) is 6.44. The highest BCUT2D eigenvalue weighted by atomic mass is 35.5. The van der Waals surface area contributed by atoms with Crippen LogP contribution in [0.3, 0.4) is 0 Å². The van der Waals surface area contributed by atoms with E-state index in [2.05, 4.69) is 20.4 Å². The normalized spacial score (nSPS) is 22.7. The van der Waals surface area contributed by atoms with Gasteiger partial charge in [-0.05, 0) is 25.8 Å². The number of aromatic nitrogens is 4. The standard InChI is InChI=1S/C20H17Cl2F3N6O2/c1-19(20(23,24)25)9-30(12-8-26-15-6-14(22)29-31(15)17(12)19)18(32)28-10-5-11(21)16(27-7-10)13-3-2-4-33-13/h5-8,13H,2-4,9H2,1H3,(H,28,32)/t13-,19-/m1/s1. The number of nitrogens with zero attached hydrogens (tertiary/aromatic N) is 5. The number of carbonyl (C=O) groups is 1. The molecule has 1 N–H and O–H groups in total. The maximum atomic E-state index is 14.2. The van der Waals surface area contributed by atoms with Crippen molar-refractivity contribution < 1.29 is 22.7 Å². The van der Waals surface area contributed by atoms with Gasteiger partial charge < -0.3 is 10.1 Å². The molecule has 0 saturated carbocycles. The quantitative estimate of drug-likeness (QED) is 0.525. The Hall–Kier alpha value is -2.63. The predicted octanol–water partition coefficient (Wildman–Crippen LogP) is 5.15. The molecule has 2 atom stereocenters. The molecule has 5 rings (SSSR count). The first kappa shape index (κ1) is 22.2. The van der Waals surface area contributed by atoms with Gasteiger partial charge in [-0.1, -0.05) is 23.2 Å². The Kier molecular flexibility index (Phi) is 5.18. The minimum absolute atomic E-state index is 0.00428. The van der Waals surface area contributed by atoms with E-state index in [1.807, 2.05) is 0 Å². The van der Waals surface area contributed by atoms with E-state index in [1.54, 1.807) is 0 Å². The van der Waals surface area contributed by atoms with E-state index in [-0.39, 0.29) is 34.0 Å². The summed E-state index contributed by atoms with van der Waals surface area (Å²) in [7, 11) is 0. The van der Waals surface area contributed by atoms with E-state index in [0.29, 0.717) is 17.3 Å². The molecule has 2 aliphatic heterocycles. The maximum Gasteiger partial charge on any atom is 0.401 e. The first-order chi connectivity index (χ1) is 15.6. The lowest BCUT2D eigenvalue weighted by Crippen LogP contribution is -2.46. The largest absolute Gasteiger partial charge is 0.401 e. The Morgan fingerprint density at radius 1 is 1.27 bits per heavy atom. The first-order valence-corrected chi connectivity index (χ1v) is 10.8. The Morgan fingerprint density at radius 3 is 2.73 bits per heavy atom. The number of pyridine rings is 1. The molecule has 0 aliphatic carbocycles. The number of alkyl halides is 3. The number of hydrogen-bond donors (Lipinski definition) is 1. The van der Waals surface area contributed by atoms with Crippen LogP contribution in [-0.2, 0) is 10.2 Å². The number of ether oxygens (including phenoxy) is 1. The zero-order valence-electron chi connectivity index (χ0n) is 17.2. The molecule has 0 radical (unpaired) electrons. The topological polar surface area (TPSA) is 84.7 Å². The molecule has 33 heavy (non-hydrogen) atoms. The molecule has 0 unspecified atom stereocenters. The number of carbonyl (C=O) groups excluding carboxylic acids is 1. The van der Waals surface area contributed by atoms with Crippen LogP contribution in [-0.4, -0.2) is 44.9 Å². The molecule has 5 heterocycles. The van der Waals surface area contributed by atoms with Crippen molar-refractivity contribution in [2.24, 2.45) is 0 Å². The highest BCUT2D eigenvalue weighted by molar-refractivity contribution is 6.31. The van der Waals surface area contributed by atoms with Gasteiger partial charge in [-0.3, -0.25) is 9.88 Å². The summed E-state index contributed by atoms with van der Waals surface area (Å²) in [5.41, 5.74) is -1.68. The summed E-state index contributed by atoms with van der Waals surface area (Å²) >= 11 is 12.2. The van der Waals surface area contributed by atoms with Gasteiger partial charge in [0, 0.05) is 19.2 Å². The molecule has 1 fully saturated rings. The minimum Gasteiger partial charge on any atom is -0.372 e. The van der Waals surface area contributed by atoms with Crippen LogP contribution < -0.4 is 10.2 Å². The Balaban J connectivity index is 1.48. The van der Waals surface area contributed by atoms with Gasteiger partial charge in [-0.25, -0.2) is 14.3 Å². The second-order valence-corrected chi connectivity index (χ2v) is 8.96.